The third kappa shape index (κ3) is 3.54. The molecule has 0 radical (unpaired) electrons. The first-order valence-corrected chi connectivity index (χ1v) is 6.79. The summed E-state index contributed by atoms with van der Waals surface area (Å²) in [5, 5.41) is 2.90. The van der Waals surface area contributed by atoms with Gasteiger partial charge in [0.05, 0.1) is 24.9 Å². The summed E-state index contributed by atoms with van der Waals surface area (Å²) < 4.78 is 5.10. The first-order chi connectivity index (χ1) is 10.0. The third-order valence-electron chi connectivity index (χ3n) is 3.56. The van der Waals surface area contributed by atoms with Gasteiger partial charge in [0.2, 0.25) is 5.91 Å². The van der Waals surface area contributed by atoms with E-state index in [1.807, 2.05) is 50.2 Å². The highest BCUT2D eigenvalue weighted by Gasteiger charge is 2.10. The van der Waals surface area contributed by atoms with Crippen LogP contribution in [0.5, 0.6) is 5.75 Å². The van der Waals surface area contributed by atoms with E-state index in [-0.39, 0.29) is 5.91 Å². The van der Waals surface area contributed by atoms with Gasteiger partial charge in [0.15, 0.2) is 0 Å². The number of anilines is 2. The van der Waals surface area contributed by atoms with Crippen LogP contribution in [0, 0.1) is 13.8 Å². The van der Waals surface area contributed by atoms with Gasteiger partial charge in [0.1, 0.15) is 5.75 Å². The lowest BCUT2D eigenvalue weighted by atomic mass is 10.1. The minimum atomic E-state index is -0.0828. The Morgan fingerprint density at radius 3 is 2.43 bits per heavy atom. The quantitative estimate of drug-likeness (QED) is 0.848. The van der Waals surface area contributed by atoms with Crippen molar-refractivity contribution >= 4 is 17.3 Å². The number of rotatable bonds is 4. The molecule has 0 unspecified atom stereocenters. The molecule has 21 heavy (non-hydrogen) atoms. The number of carbonyl (C=O) groups is 1. The predicted molar refractivity (Wildman–Crippen MR) is 85.7 cm³/mol. The van der Waals surface area contributed by atoms with Crippen LogP contribution in [0.2, 0.25) is 0 Å². The molecule has 0 bridgehead atoms. The Morgan fingerprint density at radius 2 is 1.81 bits per heavy atom. The lowest BCUT2D eigenvalue weighted by molar-refractivity contribution is -0.115. The van der Waals surface area contributed by atoms with Crippen molar-refractivity contribution < 1.29 is 9.53 Å². The van der Waals surface area contributed by atoms with Gasteiger partial charge in [-0.2, -0.15) is 0 Å². The minimum Gasteiger partial charge on any atom is -0.497 e. The number of hydrogen-bond acceptors (Lipinski definition) is 3. The van der Waals surface area contributed by atoms with E-state index in [0.717, 1.165) is 22.4 Å². The van der Waals surface area contributed by atoms with Gasteiger partial charge in [-0.1, -0.05) is 18.2 Å². The molecule has 2 rings (SSSR count). The van der Waals surface area contributed by atoms with Gasteiger partial charge < -0.3 is 15.8 Å². The standard InChI is InChI=1S/C17H20N2O2/c1-11-4-9-15(18)17(12(11)2)19-16(20)10-13-5-7-14(21-3)8-6-13/h4-9H,10,18H2,1-3H3,(H,19,20). The van der Waals surface area contributed by atoms with Gasteiger partial charge >= 0.3 is 0 Å². The van der Waals surface area contributed by atoms with Gasteiger partial charge in [-0.05, 0) is 48.7 Å². The van der Waals surface area contributed by atoms with E-state index in [4.69, 9.17) is 10.5 Å². The van der Waals surface area contributed by atoms with Crippen LogP contribution in [0.1, 0.15) is 16.7 Å². The van der Waals surface area contributed by atoms with E-state index in [0.29, 0.717) is 17.8 Å². The second kappa shape index (κ2) is 6.31. The van der Waals surface area contributed by atoms with E-state index < -0.39 is 0 Å². The number of ether oxygens (including phenoxy) is 1. The number of hydrogen-bond donors (Lipinski definition) is 2. The number of aryl methyl sites for hydroxylation is 1. The van der Waals surface area contributed by atoms with Crippen LogP contribution in [0.3, 0.4) is 0 Å². The van der Waals surface area contributed by atoms with Gasteiger partial charge in [0.25, 0.3) is 0 Å². The molecule has 0 saturated carbocycles. The Hall–Kier alpha value is -2.49. The fraction of sp³-hybridized carbons (Fsp3) is 0.235. The highest BCUT2D eigenvalue weighted by molar-refractivity contribution is 5.96. The van der Waals surface area contributed by atoms with Crippen molar-refractivity contribution in [1.82, 2.24) is 0 Å². The van der Waals surface area contributed by atoms with Crippen molar-refractivity contribution in [2.24, 2.45) is 0 Å². The van der Waals surface area contributed by atoms with Gasteiger partial charge in [-0.25, -0.2) is 0 Å². The zero-order valence-corrected chi connectivity index (χ0v) is 12.6. The highest BCUT2D eigenvalue weighted by atomic mass is 16.5. The van der Waals surface area contributed by atoms with E-state index in [1.54, 1.807) is 7.11 Å². The fourth-order valence-electron chi connectivity index (χ4n) is 2.12. The topological polar surface area (TPSA) is 64.3 Å². The van der Waals surface area contributed by atoms with Crippen molar-refractivity contribution in [2.45, 2.75) is 20.3 Å². The van der Waals surface area contributed by atoms with Crippen LogP contribution in [0.4, 0.5) is 11.4 Å². The third-order valence-corrected chi connectivity index (χ3v) is 3.56. The molecule has 0 atom stereocenters. The molecular formula is C17H20N2O2. The maximum Gasteiger partial charge on any atom is 0.228 e. The van der Waals surface area contributed by atoms with Gasteiger partial charge in [-0.15, -0.1) is 0 Å². The average Bonchev–Trinajstić information content (AvgIpc) is 2.48. The lowest BCUT2D eigenvalue weighted by Gasteiger charge is -2.13. The molecule has 0 fully saturated rings. The number of nitrogens with one attached hydrogen (secondary N) is 1. The number of carbonyl (C=O) groups excluding carboxylic acids is 1. The summed E-state index contributed by atoms with van der Waals surface area (Å²) >= 11 is 0. The Labute approximate surface area is 124 Å². The van der Waals surface area contributed by atoms with E-state index in [1.165, 1.54) is 0 Å². The first-order valence-electron chi connectivity index (χ1n) is 6.79. The number of methoxy groups -OCH3 is 1. The molecule has 0 aliphatic rings. The van der Waals surface area contributed by atoms with Crippen LogP contribution in [0.25, 0.3) is 0 Å². The van der Waals surface area contributed by atoms with Crippen molar-refractivity contribution in [3.63, 3.8) is 0 Å². The summed E-state index contributed by atoms with van der Waals surface area (Å²) in [6.45, 7) is 3.95. The number of benzene rings is 2. The summed E-state index contributed by atoms with van der Waals surface area (Å²) in [5.74, 6) is 0.693. The van der Waals surface area contributed by atoms with Gasteiger partial charge in [0, 0.05) is 0 Å². The Bertz CT molecular complexity index is 649. The molecule has 0 aliphatic heterocycles. The molecule has 0 heterocycles. The fourth-order valence-corrected chi connectivity index (χ4v) is 2.12. The van der Waals surface area contributed by atoms with Crippen LogP contribution < -0.4 is 15.8 Å². The normalized spacial score (nSPS) is 10.2. The highest BCUT2D eigenvalue weighted by Crippen LogP contribution is 2.26. The second-order valence-electron chi connectivity index (χ2n) is 5.04. The maximum atomic E-state index is 12.2. The van der Waals surface area contributed by atoms with Crippen LogP contribution in [0.15, 0.2) is 36.4 Å². The molecule has 0 aliphatic carbocycles. The SMILES string of the molecule is COc1ccc(CC(=O)Nc2c(N)ccc(C)c2C)cc1. The zero-order valence-electron chi connectivity index (χ0n) is 12.6. The molecule has 4 heteroatoms. The molecule has 0 aromatic heterocycles. The Morgan fingerprint density at radius 1 is 1.14 bits per heavy atom. The molecule has 0 spiro atoms. The molecule has 3 N–H and O–H groups in total. The number of nitrogen functional groups attached to an aromatic ring is 1. The molecular weight excluding hydrogens is 264 g/mol. The average molecular weight is 284 g/mol. The predicted octanol–water partition coefficient (Wildman–Crippen LogP) is 3.08. The Balaban J connectivity index is 2.09. The van der Waals surface area contributed by atoms with Crippen molar-refractivity contribution in [1.29, 1.82) is 0 Å². The Kier molecular flexibility index (Phi) is 4.48. The number of amides is 1. The monoisotopic (exact) mass is 284 g/mol. The van der Waals surface area contributed by atoms with Gasteiger partial charge in [-0.3, -0.25) is 4.79 Å². The summed E-state index contributed by atoms with van der Waals surface area (Å²) in [5.41, 5.74) is 10.3. The van der Waals surface area contributed by atoms with Crippen LogP contribution in [-0.4, -0.2) is 13.0 Å². The largest absolute Gasteiger partial charge is 0.497 e. The molecule has 2 aromatic carbocycles. The molecule has 2 aromatic rings. The zero-order chi connectivity index (χ0) is 15.4. The molecule has 0 saturated heterocycles. The lowest BCUT2D eigenvalue weighted by Crippen LogP contribution is -2.16. The smallest absolute Gasteiger partial charge is 0.228 e. The number of nitrogens with two attached hydrogens (primary N) is 1. The summed E-state index contributed by atoms with van der Waals surface area (Å²) in [6.07, 6.45) is 0.302. The first kappa shape index (κ1) is 14.9. The summed E-state index contributed by atoms with van der Waals surface area (Å²) in [7, 11) is 1.62. The van der Waals surface area contributed by atoms with Crippen LogP contribution >= 0.6 is 0 Å². The van der Waals surface area contributed by atoms with Crippen LogP contribution in [-0.2, 0) is 11.2 Å². The molecule has 1 amide bonds. The van der Waals surface area contributed by atoms with E-state index >= 15 is 0 Å². The second-order valence-corrected chi connectivity index (χ2v) is 5.04. The minimum absolute atomic E-state index is 0.0828. The van der Waals surface area contributed by atoms with Crippen molar-refractivity contribution in [2.75, 3.05) is 18.2 Å². The summed E-state index contributed by atoms with van der Waals surface area (Å²) in [4.78, 5) is 12.2. The molecule has 4 nitrogen and oxygen atoms in total. The van der Waals surface area contributed by atoms with E-state index in [9.17, 15) is 4.79 Å². The summed E-state index contributed by atoms with van der Waals surface area (Å²) in [6, 6.07) is 11.2. The maximum absolute atomic E-state index is 12.2. The van der Waals surface area contributed by atoms with Crippen molar-refractivity contribution in [3.05, 3.63) is 53.1 Å². The van der Waals surface area contributed by atoms with Crippen molar-refractivity contribution in [3.8, 4) is 5.75 Å². The molecule has 110 valence electrons. The van der Waals surface area contributed by atoms with E-state index in [2.05, 4.69) is 5.32 Å².